The molecule has 0 N–H and O–H groups in total. The summed E-state index contributed by atoms with van der Waals surface area (Å²) in [5.41, 5.74) is 1.38. The van der Waals surface area contributed by atoms with Crippen LogP contribution in [0.25, 0.3) is 0 Å². The Bertz CT molecular complexity index is 438. The Morgan fingerprint density at radius 1 is 1.17 bits per heavy atom. The summed E-state index contributed by atoms with van der Waals surface area (Å²) in [6.07, 6.45) is 3.30. The first kappa shape index (κ1) is 11.8. The summed E-state index contributed by atoms with van der Waals surface area (Å²) in [7, 11) is 0. The summed E-state index contributed by atoms with van der Waals surface area (Å²) < 4.78 is 0. The fourth-order valence-electron chi connectivity index (χ4n) is 3.35. The van der Waals surface area contributed by atoms with Crippen LogP contribution >= 0.6 is 0 Å². The Labute approximate surface area is 109 Å². The number of amides is 1. The molecule has 1 aromatic rings. The lowest BCUT2D eigenvalue weighted by Gasteiger charge is -2.28. The van der Waals surface area contributed by atoms with Gasteiger partial charge in [0, 0.05) is 23.9 Å². The fourth-order valence-corrected chi connectivity index (χ4v) is 3.35. The van der Waals surface area contributed by atoms with Crippen molar-refractivity contribution in [3.63, 3.8) is 0 Å². The third-order valence-corrected chi connectivity index (χ3v) is 4.50. The Balaban J connectivity index is 1.81. The summed E-state index contributed by atoms with van der Waals surface area (Å²) in [4.78, 5) is 14.5. The van der Waals surface area contributed by atoms with E-state index in [1.807, 2.05) is 0 Å². The predicted octanol–water partition coefficient (Wildman–Crippen LogP) is 3.19. The van der Waals surface area contributed by atoms with Crippen LogP contribution in [-0.4, -0.2) is 22.9 Å². The average molecular weight is 243 g/mol. The molecule has 1 amide bonds. The second kappa shape index (κ2) is 4.42. The predicted molar refractivity (Wildman–Crippen MR) is 72.3 cm³/mol. The van der Waals surface area contributed by atoms with Crippen LogP contribution in [0, 0.1) is 5.92 Å². The molecule has 0 aromatic heterocycles. The Hall–Kier alpha value is -1.31. The van der Waals surface area contributed by atoms with Crippen LogP contribution in [0.15, 0.2) is 30.3 Å². The monoisotopic (exact) mass is 243 g/mol. The largest absolute Gasteiger partial charge is 0.336 e. The van der Waals surface area contributed by atoms with Gasteiger partial charge >= 0.3 is 0 Å². The van der Waals surface area contributed by atoms with Gasteiger partial charge < -0.3 is 4.90 Å². The molecule has 0 bridgehead atoms. The van der Waals surface area contributed by atoms with E-state index in [1.165, 1.54) is 5.56 Å². The van der Waals surface area contributed by atoms with E-state index in [2.05, 4.69) is 49.1 Å². The summed E-state index contributed by atoms with van der Waals surface area (Å²) in [6.45, 7) is 4.40. The van der Waals surface area contributed by atoms with Crippen molar-refractivity contribution in [1.82, 2.24) is 4.90 Å². The Morgan fingerprint density at radius 3 is 2.44 bits per heavy atom. The average Bonchev–Trinajstić information content (AvgIpc) is 3.17. The smallest absolute Gasteiger partial charge is 0.226 e. The number of carbonyl (C=O) groups excluding carboxylic acids is 1. The number of likely N-dealkylation sites (tertiary alicyclic amines) is 1. The maximum atomic E-state index is 12.3. The maximum absolute atomic E-state index is 12.3. The molecule has 1 aromatic carbocycles. The minimum absolute atomic E-state index is 0.337. The van der Waals surface area contributed by atoms with E-state index >= 15 is 0 Å². The van der Waals surface area contributed by atoms with E-state index in [4.69, 9.17) is 0 Å². The van der Waals surface area contributed by atoms with E-state index in [1.54, 1.807) is 0 Å². The van der Waals surface area contributed by atoms with Gasteiger partial charge in [-0.2, -0.15) is 0 Å². The third kappa shape index (κ3) is 1.94. The number of benzene rings is 1. The minimum Gasteiger partial charge on any atom is -0.336 e. The van der Waals surface area contributed by atoms with Crippen molar-refractivity contribution < 1.29 is 4.79 Å². The van der Waals surface area contributed by atoms with Crippen LogP contribution in [0.1, 0.15) is 44.6 Å². The molecule has 2 heteroatoms. The van der Waals surface area contributed by atoms with Gasteiger partial charge in [-0.3, -0.25) is 4.79 Å². The molecule has 3 atom stereocenters. The lowest BCUT2D eigenvalue weighted by Crippen LogP contribution is -2.40. The summed E-state index contributed by atoms with van der Waals surface area (Å²) >= 11 is 0. The molecule has 0 unspecified atom stereocenters. The van der Waals surface area contributed by atoms with Gasteiger partial charge in [0.1, 0.15) is 0 Å². The molecule has 0 spiro atoms. The van der Waals surface area contributed by atoms with Crippen LogP contribution in [-0.2, 0) is 4.79 Å². The summed E-state index contributed by atoms with van der Waals surface area (Å²) in [5, 5.41) is 0. The zero-order chi connectivity index (χ0) is 12.7. The van der Waals surface area contributed by atoms with Crippen LogP contribution < -0.4 is 0 Å². The lowest BCUT2D eigenvalue weighted by atomic mass is 9.92. The normalized spacial score (nSPS) is 31.7. The van der Waals surface area contributed by atoms with E-state index in [0.717, 1.165) is 19.3 Å². The molecule has 2 nitrogen and oxygen atoms in total. The van der Waals surface area contributed by atoms with Gasteiger partial charge in [0.2, 0.25) is 5.91 Å². The summed E-state index contributed by atoms with van der Waals surface area (Å²) in [6, 6.07) is 11.4. The first-order chi connectivity index (χ1) is 8.68. The van der Waals surface area contributed by atoms with Crippen molar-refractivity contribution in [2.45, 2.75) is 51.1 Å². The second-order valence-electron chi connectivity index (χ2n) is 5.86. The highest BCUT2D eigenvalue weighted by molar-refractivity contribution is 5.82. The third-order valence-electron chi connectivity index (χ3n) is 4.50. The molecule has 1 saturated heterocycles. The highest BCUT2D eigenvalue weighted by Gasteiger charge is 2.44. The topological polar surface area (TPSA) is 20.3 Å². The van der Waals surface area contributed by atoms with Crippen molar-refractivity contribution in [2.24, 2.45) is 5.92 Å². The minimum atomic E-state index is 0.337. The van der Waals surface area contributed by atoms with Crippen molar-refractivity contribution in [1.29, 1.82) is 0 Å². The molecule has 2 fully saturated rings. The fraction of sp³-hybridized carbons (Fsp3) is 0.562. The first-order valence-corrected chi connectivity index (χ1v) is 7.05. The van der Waals surface area contributed by atoms with Gasteiger partial charge in [-0.1, -0.05) is 30.3 Å². The van der Waals surface area contributed by atoms with Crippen molar-refractivity contribution in [2.75, 3.05) is 0 Å². The molecule has 0 radical (unpaired) electrons. The van der Waals surface area contributed by atoms with Gasteiger partial charge in [0.05, 0.1) is 0 Å². The van der Waals surface area contributed by atoms with Gasteiger partial charge in [0.15, 0.2) is 0 Å². The number of nitrogens with zero attached hydrogens (tertiary/aromatic N) is 1. The van der Waals surface area contributed by atoms with E-state index < -0.39 is 0 Å². The zero-order valence-corrected chi connectivity index (χ0v) is 11.2. The van der Waals surface area contributed by atoms with Crippen molar-refractivity contribution in [3.8, 4) is 0 Å². The SMILES string of the molecule is C[C@@H]1C[C@H](c2ccccc2)[C@@H](C)N1C(=O)C1CC1. The number of hydrogen-bond acceptors (Lipinski definition) is 1. The van der Waals surface area contributed by atoms with E-state index in [-0.39, 0.29) is 0 Å². The van der Waals surface area contributed by atoms with Gasteiger partial charge in [0.25, 0.3) is 0 Å². The highest BCUT2D eigenvalue weighted by atomic mass is 16.2. The van der Waals surface area contributed by atoms with E-state index in [0.29, 0.717) is 29.8 Å². The highest BCUT2D eigenvalue weighted by Crippen LogP contribution is 2.41. The molecule has 18 heavy (non-hydrogen) atoms. The zero-order valence-electron chi connectivity index (χ0n) is 11.2. The summed E-state index contributed by atoms with van der Waals surface area (Å²) in [5.74, 6) is 1.24. The van der Waals surface area contributed by atoms with Crippen molar-refractivity contribution >= 4 is 5.91 Å². The molecule has 3 rings (SSSR count). The van der Waals surface area contributed by atoms with Crippen LogP contribution in [0.5, 0.6) is 0 Å². The first-order valence-electron chi connectivity index (χ1n) is 7.05. The standard InChI is InChI=1S/C16H21NO/c1-11-10-15(13-6-4-3-5-7-13)12(2)17(11)16(18)14-8-9-14/h3-7,11-12,14-15H,8-10H2,1-2H3/t11-,12-,15+/m1/s1. The Kier molecular flexibility index (Phi) is 2.89. The van der Waals surface area contributed by atoms with Crippen LogP contribution in [0.2, 0.25) is 0 Å². The number of carbonyl (C=O) groups is 1. The molecular formula is C16H21NO. The van der Waals surface area contributed by atoms with Crippen LogP contribution in [0.3, 0.4) is 0 Å². The van der Waals surface area contributed by atoms with Gasteiger partial charge in [-0.05, 0) is 38.7 Å². The van der Waals surface area contributed by atoms with E-state index in [9.17, 15) is 4.79 Å². The second-order valence-corrected chi connectivity index (χ2v) is 5.86. The Morgan fingerprint density at radius 2 is 1.83 bits per heavy atom. The van der Waals surface area contributed by atoms with Crippen molar-refractivity contribution in [3.05, 3.63) is 35.9 Å². The van der Waals surface area contributed by atoms with Gasteiger partial charge in [-0.25, -0.2) is 0 Å². The van der Waals surface area contributed by atoms with Gasteiger partial charge in [-0.15, -0.1) is 0 Å². The lowest BCUT2D eigenvalue weighted by molar-refractivity contribution is -0.134. The van der Waals surface area contributed by atoms with Crippen LogP contribution in [0.4, 0.5) is 0 Å². The molecule has 1 aliphatic heterocycles. The molecule has 96 valence electrons. The molecule has 2 aliphatic rings. The molecule has 1 saturated carbocycles. The number of rotatable bonds is 2. The molecular weight excluding hydrogens is 222 g/mol. The molecule has 1 aliphatic carbocycles. The quantitative estimate of drug-likeness (QED) is 0.781. The maximum Gasteiger partial charge on any atom is 0.226 e. The number of hydrogen-bond donors (Lipinski definition) is 0. The molecule has 1 heterocycles.